The molecule has 0 fully saturated rings. The van der Waals surface area contributed by atoms with Gasteiger partial charge in [0.1, 0.15) is 11.4 Å². The van der Waals surface area contributed by atoms with Gasteiger partial charge < -0.3 is 14.7 Å². The van der Waals surface area contributed by atoms with Gasteiger partial charge >= 0.3 is 18.9 Å². The van der Waals surface area contributed by atoms with E-state index < -0.39 is 5.97 Å². The van der Waals surface area contributed by atoms with Crippen LogP contribution in [-0.2, 0) is 9.63 Å². The number of hydroxylamine groups is 1. The maximum Gasteiger partial charge on any atom is 1.00 e. The number of allylic oxidation sites excluding steroid dienone is 2. The molecule has 0 spiro atoms. The van der Waals surface area contributed by atoms with Crippen molar-refractivity contribution in [2.24, 2.45) is 0 Å². The number of carbonyl (C=O) groups excluding carboxylic acids is 1. The Bertz CT molecular complexity index is 449. The zero-order chi connectivity index (χ0) is 12.7. The molecule has 0 saturated heterocycles. The molecule has 0 aromatic carbocycles. The molecule has 0 saturated carbocycles. The first kappa shape index (κ1) is 16.9. The maximum atomic E-state index is 10.00. The number of nitrogens with one attached hydrogen (secondary N) is 1. The number of hydrogen-bond acceptors (Lipinski definition) is 5. The molecule has 0 unspecified atom stereocenters. The molecule has 2 heterocycles. The molecule has 90 valence electrons. The number of carbonyl (C=O) groups is 1. The Morgan fingerprint density at radius 1 is 1.44 bits per heavy atom. The molecule has 0 bridgehead atoms. The number of pyridine rings is 1. The second-order valence-electron chi connectivity index (χ2n) is 2.71. The largest absolute Gasteiger partial charge is 1.00 e. The van der Waals surface area contributed by atoms with Crippen LogP contribution in [0, 0.1) is 0 Å². The predicted octanol–water partition coefficient (Wildman–Crippen LogP) is -1.94. The number of aromatic nitrogens is 1. The standard InChI is InChI=1S/C5H3Cl2N.C5H5NO3.Li/c6-4-1-2-8-5(7)3-4;7-5(8)4-2-1-3-9-6-4;/h1-3H;1-3,6H,(H,7,8);/q;;+1/p-1. The third-order valence-electron chi connectivity index (χ3n) is 1.49. The second kappa shape index (κ2) is 8.89. The van der Waals surface area contributed by atoms with Gasteiger partial charge in [-0.3, -0.25) is 0 Å². The summed E-state index contributed by atoms with van der Waals surface area (Å²) < 4.78 is 0. The fourth-order valence-electron chi connectivity index (χ4n) is 0.795. The van der Waals surface area contributed by atoms with Gasteiger partial charge in [0.2, 0.25) is 0 Å². The molecule has 8 heteroatoms. The molecule has 0 amide bonds. The Morgan fingerprint density at radius 3 is 2.50 bits per heavy atom. The van der Waals surface area contributed by atoms with Crippen LogP contribution < -0.4 is 29.4 Å². The van der Waals surface area contributed by atoms with Crippen molar-refractivity contribution in [1.82, 2.24) is 10.5 Å². The summed E-state index contributed by atoms with van der Waals surface area (Å²) >= 11 is 11.0. The number of aliphatic carboxylic acids is 1. The first-order valence-corrected chi connectivity index (χ1v) is 5.12. The monoisotopic (exact) mass is 280 g/mol. The van der Waals surface area contributed by atoms with Crippen LogP contribution in [0.15, 0.2) is 42.4 Å². The van der Waals surface area contributed by atoms with E-state index in [0.29, 0.717) is 10.2 Å². The number of halogens is 2. The van der Waals surface area contributed by atoms with Crippen molar-refractivity contribution < 1.29 is 33.6 Å². The average Bonchev–Trinajstić information content (AvgIpc) is 2.30. The van der Waals surface area contributed by atoms with Crippen LogP contribution in [0.25, 0.3) is 0 Å². The molecular formula is C10H7Cl2LiN2O3. The molecule has 0 atom stereocenters. The van der Waals surface area contributed by atoms with Crippen molar-refractivity contribution in [3.05, 3.63) is 52.6 Å². The summed E-state index contributed by atoms with van der Waals surface area (Å²) in [5, 5.41) is 11.0. The molecule has 0 radical (unpaired) electrons. The van der Waals surface area contributed by atoms with Crippen LogP contribution in [0.4, 0.5) is 0 Å². The number of carboxylic acid groups (broad SMARTS) is 1. The molecule has 1 aliphatic heterocycles. The Labute approximate surface area is 126 Å². The quantitative estimate of drug-likeness (QED) is 0.479. The van der Waals surface area contributed by atoms with Crippen molar-refractivity contribution >= 4 is 29.2 Å². The van der Waals surface area contributed by atoms with Crippen LogP contribution in [-0.4, -0.2) is 11.0 Å². The van der Waals surface area contributed by atoms with Crippen LogP contribution >= 0.6 is 23.2 Å². The summed E-state index contributed by atoms with van der Waals surface area (Å²) in [5.41, 5.74) is 2.06. The first-order valence-electron chi connectivity index (χ1n) is 4.36. The van der Waals surface area contributed by atoms with Crippen molar-refractivity contribution in [1.29, 1.82) is 0 Å². The minimum absolute atomic E-state index is 0. The molecular weight excluding hydrogens is 274 g/mol. The smallest absolute Gasteiger partial charge is 0.543 e. The summed E-state index contributed by atoms with van der Waals surface area (Å²) in [7, 11) is 0. The summed E-state index contributed by atoms with van der Waals surface area (Å²) in [6.45, 7) is 0. The van der Waals surface area contributed by atoms with E-state index in [9.17, 15) is 9.90 Å². The summed E-state index contributed by atoms with van der Waals surface area (Å²) in [6, 6.07) is 3.26. The Hall–Kier alpha value is -1.12. The van der Waals surface area contributed by atoms with Crippen molar-refractivity contribution in [3.63, 3.8) is 0 Å². The van der Waals surface area contributed by atoms with E-state index in [-0.39, 0.29) is 24.6 Å². The average molecular weight is 281 g/mol. The molecule has 2 rings (SSSR count). The van der Waals surface area contributed by atoms with E-state index in [1.807, 2.05) is 0 Å². The van der Waals surface area contributed by atoms with Crippen LogP contribution in [0.1, 0.15) is 0 Å². The third kappa shape index (κ3) is 6.57. The molecule has 1 aliphatic rings. The summed E-state index contributed by atoms with van der Waals surface area (Å²) in [6.07, 6.45) is 5.69. The third-order valence-corrected chi connectivity index (χ3v) is 1.93. The van der Waals surface area contributed by atoms with E-state index in [0.717, 1.165) is 0 Å². The van der Waals surface area contributed by atoms with E-state index in [4.69, 9.17) is 23.2 Å². The van der Waals surface area contributed by atoms with Gasteiger partial charge in [-0.05, 0) is 24.3 Å². The van der Waals surface area contributed by atoms with Crippen LogP contribution in [0.2, 0.25) is 10.2 Å². The zero-order valence-corrected chi connectivity index (χ0v) is 10.9. The summed E-state index contributed by atoms with van der Waals surface area (Å²) in [5.74, 6) is -1.28. The maximum absolute atomic E-state index is 10.00. The van der Waals surface area contributed by atoms with E-state index in [2.05, 4.69) is 15.3 Å². The fraction of sp³-hybridized carbons (Fsp3) is 0. The topological polar surface area (TPSA) is 74.3 Å². The number of rotatable bonds is 1. The normalized spacial score (nSPS) is 11.8. The molecule has 1 N–H and O–H groups in total. The summed E-state index contributed by atoms with van der Waals surface area (Å²) in [4.78, 5) is 18.1. The first-order chi connectivity index (χ1) is 8.09. The zero-order valence-electron chi connectivity index (χ0n) is 9.39. The second-order valence-corrected chi connectivity index (χ2v) is 3.54. The van der Waals surface area contributed by atoms with Crippen LogP contribution in [0.3, 0.4) is 0 Å². The van der Waals surface area contributed by atoms with Gasteiger partial charge in [0.25, 0.3) is 0 Å². The molecule has 18 heavy (non-hydrogen) atoms. The van der Waals surface area contributed by atoms with Gasteiger partial charge in [0, 0.05) is 11.2 Å². The van der Waals surface area contributed by atoms with Gasteiger partial charge in [-0.25, -0.2) is 10.5 Å². The predicted molar refractivity (Wildman–Crippen MR) is 60.7 cm³/mol. The van der Waals surface area contributed by atoms with E-state index in [1.165, 1.54) is 18.4 Å². The number of carboxylic acids is 1. The minimum Gasteiger partial charge on any atom is -0.543 e. The van der Waals surface area contributed by atoms with Gasteiger partial charge in [0.15, 0.2) is 0 Å². The van der Waals surface area contributed by atoms with Crippen molar-refractivity contribution in [2.75, 3.05) is 0 Å². The van der Waals surface area contributed by atoms with Gasteiger partial charge in [-0.1, -0.05) is 23.2 Å². The van der Waals surface area contributed by atoms with E-state index in [1.54, 1.807) is 18.3 Å². The SMILES string of the molecule is Clc1ccnc(Cl)c1.O=C([O-])C1=CC=CON1.[Li+]. The van der Waals surface area contributed by atoms with E-state index >= 15 is 0 Å². The molecule has 0 aliphatic carbocycles. The van der Waals surface area contributed by atoms with Crippen molar-refractivity contribution in [2.45, 2.75) is 0 Å². The number of nitrogens with zero attached hydrogens (tertiary/aromatic N) is 1. The Morgan fingerprint density at radius 2 is 2.17 bits per heavy atom. The minimum atomic E-state index is -1.28. The van der Waals surface area contributed by atoms with Gasteiger partial charge in [-0.15, -0.1) is 0 Å². The van der Waals surface area contributed by atoms with Gasteiger partial charge in [0.05, 0.1) is 11.7 Å². The fourth-order valence-corrected chi connectivity index (χ4v) is 1.18. The Kier molecular flexibility index (Phi) is 8.34. The van der Waals surface area contributed by atoms with Gasteiger partial charge in [-0.2, -0.15) is 0 Å². The Balaban J connectivity index is 0.000000306. The molecule has 1 aromatic rings. The molecule has 5 nitrogen and oxygen atoms in total. The molecule has 1 aromatic heterocycles. The number of hydrogen-bond donors (Lipinski definition) is 1. The van der Waals surface area contributed by atoms with Crippen molar-refractivity contribution in [3.8, 4) is 0 Å². The van der Waals surface area contributed by atoms with Crippen LogP contribution in [0.5, 0.6) is 0 Å².